The van der Waals surface area contributed by atoms with Crippen LogP contribution in [-0.4, -0.2) is 17.7 Å². The van der Waals surface area contributed by atoms with Gasteiger partial charge in [0, 0.05) is 12.1 Å². The summed E-state index contributed by atoms with van der Waals surface area (Å²) in [6.07, 6.45) is 3.17. The molecular formula is C23H22N2O3. The minimum atomic E-state index is -0.176. The van der Waals surface area contributed by atoms with Crippen LogP contribution in [0.25, 0.3) is 0 Å². The number of amides is 3. The number of fused-ring (bicyclic) bond motifs is 5. The number of carbonyl (C=O) groups is 3. The minimum Gasteiger partial charge on any atom is -0.348 e. The van der Waals surface area contributed by atoms with Gasteiger partial charge in [0.2, 0.25) is 11.8 Å². The number of nitrogens with zero attached hydrogens (tertiary/aromatic N) is 1. The third kappa shape index (κ3) is 2.65. The predicted octanol–water partition coefficient (Wildman–Crippen LogP) is 3.15. The summed E-state index contributed by atoms with van der Waals surface area (Å²) >= 11 is 0. The number of carbonyl (C=O) groups excluding carboxylic acids is 3. The molecule has 1 heterocycles. The molecule has 2 aromatic carbocycles. The van der Waals surface area contributed by atoms with Gasteiger partial charge in [0.25, 0.3) is 5.91 Å². The van der Waals surface area contributed by atoms with Gasteiger partial charge < -0.3 is 5.32 Å². The van der Waals surface area contributed by atoms with E-state index in [-0.39, 0.29) is 29.6 Å². The third-order valence-electron chi connectivity index (χ3n) is 6.61. The van der Waals surface area contributed by atoms with Gasteiger partial charge in [0.15, 0.2) is 0 Å². The monoisotopic (exact) mass is 374 g/mol. The number of imide groups is 1. The van der Waals surface area contributed by atoms with E-state index in [9.17, 15) is 14.4 Å². The third-order valence-corrected chi connectivity index (χ3v) is 6.61. The highest BCUT2D eigenvalue weighted by Gasteiger charge is 2.61. The van der Waals surface area contributed by atoms with E-state index in [1.807, 2.05) is 30.3 Å². The van der Waals surface area contributed by atoms with Crippen LogP contribution in [0, 0.1) is 23.7 Å². The van der Waals surface area contributed by atoms with Crippen LogP contribution in [0.4, 0.5) is 5.69 Å². The molecule has 5 rings (SSSR count). The summed E-state index contributed by atoms with van der Waals surface area (Å²) in [6.45, 7) is 0.455. The fourth-order valence-electron chi connectivity index (χ4n) is 5.31. The van der Waals surface area contributed by atoms with Crippen molar-refractivity contribution in [2.24, 2.45) is 23.7 Å². The van der Waals surface area contributed by atoms with Crippen molar-refractivity contribution >= 4 is 23.4 Å². The fraction of sp³-hybridized carbons (Fsp3) is 0.348. The minimum absolute atomic E-state index is 0.0523. The highest BCUT2D eigenvalue weighted by molar-refractivity contribution is 6.22. The smallest absolute Gasteiger partial charge is 0.251 e. The Balaban J connectivity index is 1.29. The van der Waals surface area contributed by atoms with E-state index in [0.29, 0.717) is 29.6 Å². The first-order valence-corrected chi connectivity index (χ1v) is 9.93. The van der Waals surface area contributed by atoms with Crippen molar-refractivity contribution < 1.29 is 14.4 Å². The first kappa shape index (κ1) is 17.2. The number of hydrogen-bond donors (Lipinski definition) is 1. The Morgan fingerprint density at radius 3 is 2.11 bits per heavy atom. The molecule has 0 aromatic heterocycles. The average Bonchev–Trinajstić information content (AvgIpc) is 3.41. The molecule has 0 unspecified atom stereocenters. The standard InChI is InChI=1S/C23H22N2O3/c26-21(24-13-14-4-2-1-3-5-14)15-8-10-18(11-9-15)25-22(27)19-16-6-7-17(12-16)20(19)23(25)28/h1-5,8-11,16-17,19-20H,6-7,12-13H2,(H,24,26)/t16-,17-,19-,20-/m0/s1. The summed E-state index contributed by atoms with van der Waals surface area (Å²) in [6, 6.07) is 16.5. The summed E-state index contributed by atoms with van der Waals surface area (Å²) in [5.41, 5.74) is 2.12. The van der Waals surface area contributed by atoms with Crippen LogP contribution in [0.2, 0.25) is 0 Å². The van der Waals surface area contributed by atoms with Gasteiger partial charge in [-0.15, -0.1) is 0 Å². The molecule has 1 saturated heterocycles. The lowest BCUT2D eigenvalue weighted by molar-refractivity contribution is -0.123. The Kier molecular flexibility index (Phi) is 4.04. The molecule has 2 aromatic rings. The quantitative estimate of drug-likeness (QED) is 0.836. The molecule has 2 aliphatic carbocycles. The maximum atomic E-state index is 12.9. The fourth-order valence-corrected chi connectivity index (χ4v) is 5.31. The second kappa shape index (κ2) is 6.59. The van der Waals surface area contributed by atoms with Crippen molar-refractivity contribution in [3.8, 4) is 0 Å². The Bertz CT molecular complexity index is 910. The largest absolute Gasteiger partial charge is 0.348 e. The van der Waals surface area contributed by atoms with Gasteiger partial charge in [-0.1, -0.05) is 30.3 Å². The Hall–Kier alpha value is -2.95. The number of anilines is 1. The van der Waals surface area contributed by atoms with Gasteiger partial charge >= 0.3 is 0 Å². The molecule has 3 amide bonds. The molecule has 142 valence electrons. The van der Waals surface area contributed by atoms with E-state index in [2.05, 4.69) is 5.32 Å². The number of rotatable bonds is 4. The summed E-state index contributed by atoms with van der Waals surface area (Å²) in [5, 5.41) is 2.89. The van der Waals surface area contributed by atoms with Crippen LogP contribution in [0.3, 0.4) is 0 Å². The van der Waals surface area contributed by atoms with Crippen LogP contribution in [-0.2, 0) is 16.1 Å². The topological polar surface area (TPSA) is 66.5 Å². The number of benzene rings is 2. The van der Waals surface area contributed by atoms with E-state index in [1.54, 1.807) is 24.3 Å². The number of nitrogens with one attached hydrogen (secondary N) is 1. The second-order valence-electron chi connectivity index (χ2n) is 8.11. The molecule has 2 bridgehead atoms. The van der Waals surface area contributed by atoms with Crippen molar-refractivity contribution in [2.45, 2.75) is 25.8 Å². The van der Waals surface area contributed by atoms with E-state index in [0.717, 1.165) is 24.8 Å². The number of hydrogen-bond acceptors (Lipinski definition) is 3. The SMILES string of the molecule is O=C(NCc1ccccc1)c1ccc(N2C(=O)[C@H]3[C@H]4CC[C@@H](C4)[C@@H]3C2=O)cc1. The summed E-state index contributed by atoms with van der Waals surface area (Å²) < 4.78 is 0. The molecule has 5 heteroatoms. The first-order valence-electron chi connectivity index (χ1n) is 9.93. The summed E-state index contributed by atoms with van der Waals surface area (Å²) in [4.78, 5) is 39.5. The molecule has 1 aliphatic heterocycles. The van der Waals surface area contributed by atoms with Crippen LogP contribution < -0.4 is 10.2 Å². The van der Waals surface area contributed by atoms with Gasteiger partial charge in [0.05, 0.1) is 17.5 Å². The Morgan fingerprint density at radius 1 is 0.893 bits per heavy atom. The molecule has 2 saturated carbocycles. The average molecular weight is 374 g/mol. The molecule has 3 fully saturated rings. The molecule has 3 aliphatic rings. The lowest BCUT2D eigenvalue weighted by atomic mass is 9.81. The molecular weight excluding hydrogens is 352 g/mol. The lowest BCUT2D eigenvalue weighted by Gasteiger charge is -2.19. The van der Waals surface area contributed by atoms with Gasteiger partial charge in [-0.2, -0.15) is 0 Å². The van der Waals surface area contributed by atoms with Crippen LogP contribution in [0.15, 0.2) is 54.6 Å². The van der Waals surface area contributed by atoms with E-state index in [1.165, 1.54) is 4.90 Å². The van der Waals surface area contributed by atoms with Gasteiger partial charge in [-0.3, -0.25) is 19.3 Å². The highest BCUT2D eigenvalue weighted by atomic mass is 16.2. The zero-order valence-electron chi connectivity index (χ0n) is 15.5. The van der Waals surface area contributed by atoms with Gasteiger partial charge in [-0.25, -0.2) is 0 Å². The predicted molar refractivity (Wildman–Crippen MR) is 104 cm³/mol. The van der Waals surface area contributed by atoms with Crippen molar-refractivity contribution in [3.05, 3.63) is 65.7 Å². The maximum Gasteiger partial charge on any atom is 0.251 e. The van der Waals surface area contributed by atoms with Crippen molar-refractivity contribution in [1.82, 2.24) is 5.32 Å². The Labute approximate surface area is 163 Å². The normalized spacial score (nSPS) is 27.9. The van der Waals surface area contributed by atoms with Crippen molar-refractivity contribution in [3.63, 3.8) is 0 Å². The second-order valence-corrected chi connectivity index (χ2v) is 8.11. The van der Waals surface area contributed by atoms with E-state index < -0.39 is 0 Å². The molecule has 28 heavy (non-hydrogen) atoms. The van der Waals surface area contributed by atoms with Crippen LogP contribution in [0.1, 0.15) is 35.2 Å². The highest BCUT2D eigenvalue weighted by Crippen LogP contribution is 2.56. The van der Waals surface area contributed by atoms with Gasteiger partial charge in [0.1, 0.15) is 0 Å². The van der Waals surface area contributed by atoms with Crippen molar-refractivity contribution in [2.75, 3.05) is 4.90 Å². The molecule has 1 N–H and O–H groups in total. The van der Waals surface area contributed by atoms with Crippen LogP contribution >= 0.6 is 0 Å². The lowest BCUT2D eigenvalue weighted by Crippen LogP contribution is -2.32. The van der Waals surface area contributed by atoms with Crippen LogP contribution in [0.5, 0.6) is 0 Å². The summed E-state index contributed by atoms with van der Waals surface area (Å²) in [7, 11) is 0. The zero-order valence-corrected chi connectivity index (χ0v) is 15.5. The molecule has 0 radical (unpaired) electrons. The van der Waals surface area contributed by atoms with E-state index in [4.69, 9.17) is 0 Å². The molecule has 0 spiro atoms. The van der Waals surface area contributed by atoms with E-state index >= 15 is 0 Å². The zero-order chi connectivity index (χ0) is 19.3. The maximum absolute atomic E-state index is 12.9. The molecule has 5 nitrogen and oxygen atoms in total. The van der Waals surface area contributed by atoms with Gasteiger partial charge in [-0.05, 0) is 60.9 Å². The van der Waals surface area contributed by atoms with Crippen molar-refractivity contribution in [1.29, 1.82) is 0 Å². The summed E-state index contributed by atoms with van der Waals surface area (Å²) in [5.74, 6) is 0.218. The Morgan fingerprint density at radius 2 is 1.50 bits per heavy atom. The molecule has 4 atom stereocenters. The first-order chi connectivity index (χ1) is 13.6.